The summed E-state index contributed by atoms with van der Waals surface area (Å²) in [7, 11) is 0. The molecule has 0 bridgehead atoms. The van der Waals surface area contributed by atoms with Crippen molar-refractivity contribution in [1.82, 2.24) is 15.0 Å². The molecule has 0 atom stereocenters. The molecule has 0 radical (unpaired) electrons. The first-order valence-corrected chi connectivity index (χ1v) is 7.62. The molecule has 3 rings (SSSR count). The third-order valence-corrected chi connectivity index (χ3v) is 3.29. The Kier molecular flexibility index (Phi) is 5.44. The number of nitrogens with one attached hydrogen (secondary N) is 1. The fourth-order valence-corrected chi connectivity index (χ4v) is 2.07. The van der Waals surface area contributed by atoms with Gasteiger partial charge in [-0.3, -0.25) is 9.78 Å². The number of carbonyl (C=O) groups is 1. The summed E-state index contributed by atoms with van der Waals surface area (Å²) < 4.78 is 45.2. The number of rotatable bonds is 5. The minimum Gasteiger partial charge on any atom is -0.451 e. The summed E-state index contributed by atoms with van der Waals surface area (Å²) in [5, 5.41) is 2.42. The summed E-state index contributed by atoms with van der Waals surface area (Å²) in [5.74, 6) is -4.31. The van der Waals surface area contributed by atoms with E-state index in [2.05, 4.69) is 25.3 Å². The van der Waals surface area contributed by atoms with Crippen molar-refractivity contribution >= 4 is 23.9 Å². The Balaban J connectivity index is 0.00000300. The molecule has 3 heterocycles. The maximum absolute atomic E-state index is 13.7. The maximum Gasteiger partial charge on any atom is 0.260 e. The van der Waals surface area contributed by atoms with Crippen molar-refractivity contribution in [3.05, 3.63) is 66.0 Å². The summed E-state index contributed by atoms with van der Waals surface area (Å²) in [6, 6.07) is 3.55. The number of halogens is 3. The first-order chi connectivity index (χ1) is 13.5. The van der Waals surface area contributed by atoms with Gasteiger partial charge in [0.25, 0.3) is 5.91 Å². The molecule has 0 unspecified atom stereocenters. The Labute approximate surface area is 157 Å². The van der Waals surface area contributed by atoms with Gasteiger partial charge in [-0.25, -0.2) is 23.7 Å². The summed E-state index contributed by atoms with van der Waals surface area (Å²) in [6.07, 6.45) is 4.64. The van der Waals surface area contributed by atoms with Crippen molar-refractivity contribution < 1.29 is 24.1 Å². The van der Waals surface area contributed by atoms with Gasteiger partial charge >= 0.3 is 0 Å². The number of hydrogen-bond acceptors (Lipinski definition) is 6. The highest BCUT2D eigenvalue weighted by Crippen LogP contribution is 2.28. The lowest BCUT2D eigenvalue weighted by atomic mass is 10.2. The minimum absolute atomic E-state index is 0. The minimum atomic E-state index is -1.25. The Bertz CT molecular complexity index is 1050. The number of aliphatic imine (C=N–C) groups is 1. The SMILES string of the molecule is N/C=N\c1ncc(Oc2cncc(F)c2F)cc1C(=O)Nc1ccc(F)cn1.[HH]. The predicted octanol–water partition coefficient (Wildman–Crippen LogP) is 3.20. The van der Waals surface area contributed by atoms with E-state index in [9.17, 15) is 18.0 Å². The molecule has 0 spiro atoms. The molecule has 144 valence electrons. The number of anilines is 1. The van der Waals surface area contributed by atoms with Gasteiger partial charge in [-0.1, -0.05) is 0 Å². The number of pyridine rings is 3. The van der Waals surface area contributed by atoms with Gasteiger partial charge in [0.2, 0.25) is 5.82 Å². The van der Waals surface area contributed by atoms with Crippen molar-refractivity contribution in [2.75, 3.05) is 5.32 Å². The molecule has 1 amide bonds. The van der Waals surface area contributed by atoms with Gasteiger partial charge in [-0.15, -0.1) is 0 Å². The van der Waals surface area contributed by atoms with Crippen LogP contribution in [0, 0.1) is 17.5 Å². The summed E-state index contributed by atoms with van der Waals surface area (Å²) in [6.45, 7) is 0. The third-order valence-electron chi connectivity index (χ3n) is 3.29. The molecular formula is C17H13F3N6O2. The van der Waals surface area contributed by atoms with E-state index in [1.54, 1.807) is 0 Å². The van der Waals surface area contributed by atoms with E-state index >= 15 is 0 Å². The lowest BCUT2D eigenvalue weighted by Gasteiger charge is -2.10. The van der Waals surface area contributed by atoms with Crippen molar-refractivity contribution in [2.45, 2.75) is 0 Å². The van der Waals surface area contributed by atoms with E-state index in [0.717, 1.165) is 31.0 Å². The summed E-state index contributed by atoms with van der Waals surface area (Å²) in [4.78, 5) is 27.4. The first-order valence-electron chi connectivity index (χ1n) is 7.62. The molecule has 0 aromatic carbocycles. The Morgan fingerprint density at radius 1 is 1.18 bits per heavy atom. The normalized spacial score (nSPS) is 10.8. The van der Waals surface area contributed by atoms with Crippen LogP contribution >= 0.6 is 0 Å². The zero-order valence-corrected chi connectivity index (χ0v) is 13.9. The van der Waals surface area contributed by atoms with Crippen LogP contribution in [0.5, 0.6) is 11.5 Å². The smallest absolute Gasteiger partial charge is 0.260 e. The predicted molar refractivity (Wildman–Crippen MR) is 95.1 cm³/mol. The quantitative estimate of drug-likeness (QED) is 0.511. The van der Waals surface area contributed by atoms with Crippen molar-refractivity contribution in [3.8, 4) is 11.5 Å². The summed E-state index contributed by atoms with van der Waals surface area (Å²) in [5.41, 5.74) is 5.15. The number of nitrogens with zero attached hydrogens (tertiary/aromatic N) is 4. The van der Waals surface area contributed by atoms with Crippen LogP contribution in [0.15, 0.2) is 48.0 Å². The van der Waals surface area contributed by atoms with Crippen LogP contribution in [0.2, 0.25) is 0 Å². The van der Waals surface area contributed by atoms with Gasteiger partial charge in [0.1, 0.15) is 17.4 Å². The van der Waals surface area contributed by atoms with Gasteiger partial charge in [0, 0.05) is 1.43 Å². The van der Waals surface area contributed by atoms with Gasteiger partial charge in [-0.2, -0.15) is 4.39 Å². The van der Waals surface area contributed by atoms with E-state index in [1.807, 2.05) is 0 Å². The third kappa shape index (κ3) is 4.20. The number of nitrogens with two attached hydrogens (primary N) is 1. The van der Waals surface area contributed by atoms with Crippen LogP contribution in [0.4, 0.5) is 24.8 Å². The fraction of sp³-hybridized carbons (Fsp3) is 0. The van der Waals surface area contributed by atoms with Crippen LogP contribution in [-0.4, -0.2) is 27.2 Å². The highest BCUT2D eigenvalue weighted by atomic mass is 19.2. The Morgan fingerprint density at radius 2 is 2.00 bits per heavy atom. The van der Waals surface area contributed by atoms with Crippen molar-refractivity contribution in [2.24, 2.45) is 10.7 Å². The Hall–Kier alpha value is -4.02. The average Bonchev–Trinajstić information content (AvgIpc) is 2.68. The van der Waals surface area contributed by atoms with Gasteiger partial charge < -0.3 is 15.8 Å². The van der Waals surface area contributed by atoms with Crippen LogP contribution < -0.4 is 15.8 Å². The van der Waals surface area contributed by atoms with Crippen molar-refractivity contribution in [1.29, 1.82) is 0 Å². The number of carbonyl (C=O) groups excluding carboxylic acids is 1. The molecule has 0 saturated carbocycles. The molecule has 0 aliphatic carbocycles. The van der Waals surface area contributed by atoms with Crippen LogP contribution in [0.25, 0.3) is 0 Å². The highest BCUT2D eigenvalue weighted by Gasteiger charge is 2.17. The van der Waals surface area contributed by atoms with Crippen LogP contribution in [-0.2, 0) is 0 Å². The molecule has 0 aliphatic rings. The van der Waals surface area contributed by atoms with Gasteiger partial charge in [0.05, 0.1) is 36.7 Å². The van der Waals surface area contributed by atoms with Crippen LogP contribution in [0.1, 0.15) is 11.8 Å². The molecular weight excluding hydrogens is 377 g/mol. The average molecular weight is 390 g/mol. The second-order valence-electron chi connectivity index (χ2n) is 5.17. The van der Waals surface area contributed by atoms with E-state index in [4.69, 9.17) is 10.5 Å². The standard InChI is InChI=1S/C17H11F3N6O2.H2/c18-9-1-2-14(23-4-9)26-17(27)11-3-10(5-24-16(11)25-8-21)28-13-7-22-6-12(19)15(13)20;/h1-8H,(H2,21,24,25)(H,23,26,27);1H. The monoisotopic (exact) mass is 390 g/mol. The van der Waals surface area contributed by atoms with E-state index in [0.29, 0.717) is 6.20 Å². The van der Waals surface area contributed by atoms with E-state index in [-0.39, 0.29) is 24.4 Å². The molecule has 11 heteroatoms. The molecule has 0 saturated heterocycles. The zero-order chi connectivity index (χ0) is 20.1. The topological polar surface area (TPSA) is 115 Å². The Morgan fingerprint density at radius 3 is 2.71 bits per heavy atom. The fourth-order valence-electron chi connectivity index (χ4n) is 2.07. The highest BCUT2D eigenvalue weighted by molar-refractivity contribution is 6.07. The lowest BCUT2D eigenvalue weighted by Crippen LogP contribution is -2.14. The molecule has 3 aromatic heterocycles. The van der Waals surface area contributed by atoms with E-state index < -0.39 is 29.1 Å². The molecule has 3 N–H and O–H groups in total. The second kappa shape index (κ2) is 8.12. The van der Waals surface area contributed by atoms with Gasteiger partial charge in [-0.05, 0) is 18.2 Å². The first kappa shape index (κ1) is 18.8. The molecule has 8 nitrogen and oxygen atoms in total. The van der Waals surface area contributed by atoms with Gasteiger partial charge in [0.15, 0.2) is 17.4 Å². The van der Waals surface area contributed by atoms with Crippen LogP contribution in [0.3, 0.4) is 0 Å². The molecule has 0 aliphatic heterocycles. The molecule has 3 aromatic rings. The number of amides is 1. The zero-order valence-electron chi connectivity index (χ0n) is 13.9. The molecule has 28 heavy (non-hydrogen) atoms. The largest absolute Gasteiger partial charge is 0.451 e. The molecule has 0 fully saturated rings. The second-order valence-corrected chi connectivity index (χ2v) is 5.17. The van der Waals surface area contributed by atoms with E-state index in [1.165, 1.54) is 12.1 Å². The number of aromatic nitrogens is 3. The number of hydrogen-bond donors (Lipinski definition) is 2. The number of ether oxygens (including phenoxy) is 1. The summed E-state index contributed by atoms with van der Waals surface area (Å²) >= 11 is 0. The lowest BCUT2D eigenvalue weighted by molar-refractivity contribution is 0.102. The maximum atomic E-state index is 13.7. The van der Waals surface area contributed by atoms with Crippen molar-refractivity contribution in [3.63, 3.8) is 0 Å².